The molecular formula is C15H18Cl2N2O2. The number of nitrogens with zero attached hydrogens (tertiary/aromatic N) is 1. The fraction of sp³-hybridized carbons (Fsp3) is 0.467. The average molecular weight is 329 g/mol. The van der Waals surface area contributed by atoms with E-state index in [0.717, 1.165) is 32.2 Å². The summed E-state index contributed by atoms with van der Waals surface area (Å²) < 4.78 is 0. The van der Waals surface area contributed by atoms with Crippen LogP contribution in [0.5, 0.6) is 0 Å². The number of carbonyl (C=O) groups excluding carboxylic acids is 2. The fourth-order valence-corrected chi connectivity index (χ4v) is 2.88. The van der Waals surface area contributed by atoms with Crippen LogP contribution in [0.15, 0.2) is 18.2 Å². The van der Waals surface area contributed by atoms with Gasteiger partial charge in [-0.25, -0.2) is 0 Å². The molecule has 0 radical (unpaired) electrons. The van der Waals surface area contributed by atoms with Gasteiger partial charge < -0.3 is 15.0 Å². The number of carbonyl (C=O) groups is 2. The maximum absolute atomic E-state index is 12.0. The van der Waals surface area contributed by atoms with Gasteiger partial charge in [0.25, 0.3) is 0 Å². The Morgan fingerprint density at radius 1 is 1.29 bits per heavy atom. The Bertz CT molecular complexity index is 494. The first-order valence-corrected chi connectivity index (χ1v) is 7.77. The summed E-state index contributed by atoms with van der Waals surface area (Å²) in [5.41, 5.74) is 0.463. The minimum atomic E-state index is -0.109. The van der Waals surface area contributed by atoms with E-state index in [-0.39, 0.29) is 11.8 Å². The minimum absolute atomic E-state index is 0.109. The number of amides is 1. The van der Waals surface area contributed by atoms with Gasteiger partial charge in [-0.1, -0.05) is 29.3 Å². The van der Waals surface area contributed by atoms with E-state index in [0.29, 0.717) is 28.7 Å². The molecule has 114 valence electrons. The second kappa shape index (κ2) is 7.78. The van der Waals surface area contributed by atoms with E-state index >= 15 is 0 Å². The van der Waals surface area contributed by atoms with Gasteiger partial charge in [-0.05, 0) is 38.1 Å². The second-order valence-corrected chi connectivity index (χ2v) is 6.02. The number of benzene rings is 1. The molecule has 1 N–H and O–H groups in total. The van der Waals surface area contributed by atoms with E-state index < -0.39 is 0 Å². The van der Waals surface area contributed by atoms with E-state index in [1.54, 1.807) is 18.2 Å². The van der Waals surface area contributed by atoms with E-state index in [1.165, 1.54) is 0 Å². The van der Waals surface area contributed by atoms with Gasteiger partial charge >= 0.3 is 0 Å². The number of likely N-dealkylation sites (tertiary alicyclic amines) is 1. The molecule has 0 aliphatic carbocycles. The quantitative estimate of drug-likeness (QED) is 0.844. The van der Waals surface area contributed by atoms with Crippen LogP contribution >= 0.6 is 23.2 Å². The lowest BCUT2D eigenvalue weighted by molar-refractivity contribution is -0.117. The van der Waals surface area contributed by atoms with Crippen LogP contribution in [0.3, 0.4) is 0 Å². The van der Waals surface area contributed by atoms with Crippen LogP contribution in [-0.4, -0.2) is 36.7 Å². The number of halogens is 2. The van der Waals surface area contributed by atoms with Crippen LogP contribution in [0.4, 0.5) is 5.69 Å². The Balaban J connectivity index is 1.79. The van der Waals surface area contributed by atoms with Gasteiger partial charge in [-0.3, -0.25) is 4.79 Å². The summed E-state index contributed by atoms with van der Waals surface area (Å²) in [4.78, 5) is 24.9. The van der Waals surface area contributed by atoms with Crippen molar-refractivity contribution in [1.29, 1.82) is 0 Å². The molecule has 1 aliphatic rings. The summed E-state index contributed by atoms with van der Waals surface area (Å²) >= 11 is 12.0. The molecule has 1 amide bonds. The first-order chi connectivity index (χ1) is 10.1. The maximum Gasteiger partial charge on any atom is 0.225 e. The molecule has 1 aromatic rings. The van der Waals surface area contributed by atoms with Crippen molar-refractivity contribution in [3.05, 3.63) is 28.2 Å². The zero-order valence-corrected chi connectivity index (χ0v) is 13.2. The third-order valence-corrected chi connectivity index (χ3v) is 4.34. The Labute approximate surface area is 134 Å². The molecule has 0 aromatic heterocycles. The van der Waals surface area contributed by atoms with Crippen molar-refractivity contribution in [1.82, 2.24) is 4.90 Å². The van der Waals surface area contributed by atoms with Crippen molar-refractivity contribution in [2.75, 3.05) is 25.0 Å². The molecule has 0 saturated carbocycles. The van der Waals surface area contributed by atoms with Gasteiger partial charge in [0, 0.05) is 18.9 Å². The van der Waals surface area contributed by atoms with Crippen molar-refractivity contribution in [3.63, 3.8) is 0 Å². The van der Waals surface area contributed by atoms with Gasteiger partial charge in [0.15, 0.2) is 0 Å². The number of rotatable bonds is 5. The van der Waals surface area contributed by atoms with Crippen molar-refractivity contribution in [3.8, 4) is 0 Å². The molecule has 4 nitrogen and oxygen atoms in total. The molecule has 2 rings (SSSR count). The lowest BCUT2D eigenvalue weighted by atomic mass is 9.98. The molecular weight excluding hydrogens is 311 g/mol. The van der Waals surface area contributed by atoms with Crippen molar-refractivity contribution < 1.29 is 9.59 Å². The fourth-order valence-electron chi connectivity index (χ4n) is 2.39. The van der Waals surface area contributed by atoms with E-state index in [9.17, 15) is 9.59 Å². The van der Waals surface area contributed by atoms with Gasteiger partial charge in [-0.2, -0.15) is 0 Å². The highest BCUT2D eigenvalue weighted by Crippen LogP contribution is 2.29. The predicted octanol–water partition coefficient (Wildman–Crippen LogP) is 3.23. The summed E-state index contributed by atoms with van der Waals surface area (Å²) in [5, 5.41) is 3.62. The second-order valence-electron chi connectivity index (χ2n) is 5.21. The van der Waals surface area contributed by atoms with E-state index in [2.05, 4.69) is 10.2 Å². The Morgan fingerprint density at radius 2 is 1.90 bits per heavy atom. The molecule has 1 aromatic carbocycles. The molecule has 0 spiro atoms. The number of aldehydes is 1. The lowest BCUT2D eigenvalue weighted by Crippen LogP contribution is -2.36. The normalized spacial score (nSPS) is 16.7. The molecule has 6 heteroatoms. The first-order valence-electron chi connectivity index (χ1n) is 7.01. The number of piperidine rings is 1. The molecule has 1 aliphatic heterocycles. The van der Waals surface area contributed by atoms with Crippen LogP contribution in [0.25, 0.3) is 0 Å². The third kappa shape index (κ3) is 4.70. The highest BCUT2D eigenvalue weighted by atomic mass is 35.5. The zero-order chi connectivity index (χ0) is 15.2. The van der Waals surface area contributed by atoms with Crippen LogP contribution in [0.2, 0.25) is 10.0 Å². The molecule has 0 bridgehead atoms. The predicted molar refractivity (Wildman–Crippen MR) is 84.9 cm³/mol. The van der Waals surface area contributed by atoms with Gasteiger partial charge in [0.1, 0.15) is 6.29 Å². The number of para-hydroxylation sites is 1. The highest BCUT2D eigenvalue weighted by molar-refractivity contribution is 6.39. The molecule has 1 fully saturated rings. The third-order valence-electron chi connectivity index (χ3n) is 3.71. The van der Waals surface area contributed by atoms with E-state index in [1.807, 2.05) is 0 Å². The zero-order valence-electron chi connectivity index (χ0n) is 11.6. The number of hydrogen-bond acceptors (Lipinski definition) is 3. The standard InChI is InChI=1S/C15H18Cl2N2O2/c16-12-2-1-3-13(17)15(12)18-14(21)6-9-19-7-4-11(10-20)5-8-19/h1-3,10-11H,4-9H2,(H,18,21). The minimum Gasteiger partial charge on any atom is -0.324 e. The number of nitrogens with one attached hydrogen (secondary N) is 1. The van der Waals surface area contributed by atoms with Crippen molar-refractivity contribution in [2.45, 2.75) is 19.3 Å². The summed E-state index contributed by atoms with van der Waals surface area (Å²) in [7, 11) is 0. The summed E-state index contributed by atoms with van der Waals surface area (Å²) in [5.74, 6) is 0.0690. The van der Waals surface area contributed by atoms with E-state index in [4.69, 9.17) is 23.2 Å². The monoisotopic (exact) mass is 328 g/mol. The van der Waals surface area contributed by atoms with Crippen molar-refractivity contribution in [2.24, 2.45) is 5.92 Å². The average Bonchev–Trinajstić information content (AvgIpc) is 2.49. The number of hydrogen-bond donors (Lipinski definition) is 1. The van der Waals surface area contributed by atoms with Crippen LogP contribution in [0, 0.1) is 5.92 Å². The Hall–Kier alpha value is -1.10. The number of anilines is 1. The molecule has 0 atom stereocenters. The summed E-state index contributed by atoms with van der Waals surface area (Å²) in [6.45, 7) is 2.41. The Kier molecular flexibility index (Phi) is 6.03. The summed E-state index contributed by atoms with van der Waals surface area (Å²) in [6.07, 6.45) is 3.17. The largest absolute Gasteiger partial charge is 0.324 e. The topological polar surface area (TPSA) is 49.4 Å². The van der Waals surface area contributed by atoms with Gasteiger partial charge in [-0.15, -0.1) is 0 Å². The smallest absolute Gasteiger partial charge is 0.225 e. The maximum atomic E-state index is 12.0. The Morgan fingerprint density at radius 3 is 2.48 bits per heavy atom. The van der Waals surface area contributed by atoms with Crippen molar-refractivity contribution >= 4 is 41.1 Å². The molecule has 0 unspecified atom stereocenters. The molecule has 1 saturated heterocycles. The molecule has 21 heavy (non-hydrogen) atoms. The highest BCUT2D eigenvalue weighted by Gasteiger charge is 2.19. The van der Waals surface area contributed by atoms with Crippen LogP contribution in [0.1, 0.15) is 19.3 Å². The van der Waals surface area contributed by atoms with Gasteiger partial charge in [0.05, 0.1) is 15.7 Å². The van der Waals surface area contributed by atoms with Crippen LogP contribution in [-0.2, 0) is 9.59 Å². The molecule has 1 heterocycles. The SMILES string of the molecule is O=CC1CCN(CCC(=O)Nc2c(Cl)cccc2Cl)CC1. The first kappa shape index (κ1) is 16.3. The summed E-state index contributed by atoms with van der Waals surface area (Å²) in [6, 6.07) is 5.11. The van der Waals surface area contributed by atoms with Gasteiger partial charge in [0.2, 0.25) is 5.91 Å². The van der Waals surface area contributed by atoms with Crippen LogP contribution < -0.4 is 5.32 Å². The lowest BCUT2D eigenvalue weighted by Gasteiger charge is -2.29.